The molecule has 6 heteroatoms. The minimum Gasteiger partial charge on any atom is -0.349 e. The van der Waals surface area contributed by atoms with Crippen molar-refractivity contribution in [3.05, 3.63) is 12.2 Å². The van der Waals surface area contributed by atoms with Crippen LogP contribution in [-0.4, -0.2) is 41.7 Å². The van der Waals surface area contributed by atoms with Crippen LogP contribution in [0.25, 0.3) is 0 Å². The summed E-state index contributed by atoms with van der Waals surface area (Å²) < 4.78 is 16.0. The van der Waals surface area contributed by atoms with Crippen molar-refractivity contribution in [2.45, 2.75) is 32.1 Å². The quantitative estimate of drug-likeness (QED) is 0.800. The molecule has 2 rings (SSSR count). The maximum absolute atomic E-state index is 5.53. The third kappa shape index (κ3) is 3.26. The standard InChI is InChI=1S/C10H17N3O3/c1-10(2)14-5-8(6-15-10)11-4-3-9-12-7-13-16-9/h7-8,11H,3-6H2,1-2H3. The molecule has 2 heterocycles. The predicted molar refractivity (Wildman–Crippen MR) is 55.8 cm³/mol. The summed E-state index contributed by atoms with van der Waals surface area (Å²) in [5.74, 6) is 0.190. The summed E-state index contributed by atoms with van der Waals surface area (Å²) in [7, 11) is 0. The van der Waals surface area contributed by atoms with Gasteiger partial charge in [0.2, 0.25) is 5.89 Å². The van der Waals surface area contributed by atoms with E-state index in [1.807, 2.05) is 13.8 Å². The Labute approximate surface area is 94.3 Å². The predicted octanol–water partition coefficient (Wildman–Crippen LogP) is 0.353. The van der Waals surface area contributed by atoms with Crippen molar-refractivity contribution in [2.75, 3.05) is 19.8 Å². The lowest BCUT2D eigenvalue weighted by molar-refractivity contribution is -0.252. The lowest BCUT2D eigenvalue weighted by Crippen LogP contribution is -2.48. The van der Waals surface area contributed by atoms with E-state index in [2.05, 4.69) is 15.5 Å². The van der Waals surface area contributed by atoms with Gasteiger partial charge in [-0.05, 0) is 13.8 Å². The van der Waals surface area contributed by atoms with E-state index in [9.17, 15) is 0 Å². The van der Waals surface area contributed by atoms with Gasteiger partial charge in [-0.3, -0.25) is 0 Å². The number of hydrogen-bond donors (Lipinski definition) is 1. The van der Waals surface area contributed by atoms with Crippen LogP contribution in [0.15, 0.2) is 10.9 Å². The van der Waals surface area contributed by atoms with Crippen LogP contribution in [0.5, 0.6) is 0 Å². The molecule has 1 saturated heterocycles. The maximum atomic E-state index is 5.53. The molecule has 0 atom stereocenters. The number of hydrogen-bond acceptors (Lipinski definition) is 6. The fraction of sp³-hybridized carbons (Fsp3) is 0.800. The molecule has 0 saturated carbocycles. The van der Waals surface area contributed by atoms with E-state index in [1.54, 1.807) is 0 Å². The average Bonchev–Trinajstić information content (AvgIpc) is 2.73. The van der Waals surface area contributed by atoms with Crippen molar-refractivity contribution >= 4 is 0 Å². The minimum absolute atomic E-state index is 0.232. The zero-order chi connectivity index (χ0) is 11.4. The molecule has 1 aliphatic rings. The summed E-state index contributed by atoms with van der Waals surface area (Å²) in [5, 5.41) is 6.86. The minimum atomic E-state index is -0.454. The molecule has 0 bridgehead atoms. The Kier molecular flexibility index (Phi) is 3.52. The largest absolute Gasteiger partial charge is 0.349 e. The molecule has 0 aliphatic carbocycles. The first kappa shape index (κ1) is 11.5. The van der Waals surface area contributed by atoms with Crippen LogP contribution < -0.4 is 5.32 Å². The molecule has 0 radical (unpaired) electrons. The number of rotatable bonds is 4. The smallest absolute Gasteiger partial charge is 0.227 e. The summed E-state index contributed by atoms with van der Waals surface area (Å²) in [4.78, 5) is 3.94. The van der Waals surface area contributed by atoms with Crippen LogP contribution in [-0.2, 0) is 15.9 Å². The van der Waals surface area contributed by atoms with Gasteiger partial charge in [0.25, 0.3) is 0 Å². The Bertz CT molecular complexity index is 303. The molecule has 0 aromatic carbocycles. The Balaban J connectivity index is 1.64. The van der Waals surface area contributed by atoms with E-state index in [4.69, 9.17) is 14.0 Å². The number of ether oxygens (including phenoxy) is 2. The Morgan fingerprint density at radius 1 is 1.44 bits per heavy atom. The molecule has 1 N–H and O–H groups in total. The van der Waals surface area contributed by atoms with E-state index in [0.29, 0.717) is 19.1 Å². The Hall–Kier alpha value is -0.980. The molecule has 0 spiro atoms. The van der Waals surface area contributed by atoms with Gasteiger partial charge in [0.1, 0.15) is 0 Å². The molecular formula is C10H17N3O3. The fourth-order valence-corrected chi connectivity index (χ4v) is 1.50. The van der Waals surface area contributed by atoms with Crippen LogP contribution in [0.1, 0.15) is 19.7 Å². The van der Waals surface area contributed by atoms with E-state index in [-0.39, 0.29) is 6.04 Å². The zero-order valence-corrected chi connectivity index (χ0v) is 9.60. The summed E-state index contributed by atoms with van der Waals surface area (Å²) in [6.45, 7) is 5.94. The van der Waals surface area contributed by atoms with Crippen LogP contribution >= 0.6 is 0 Å². The van der Waals surface area contributed by atoms with Crippen molar-refractivity contribution in [3.63, 3.8) is 0 Å². The van der Waals surface area contributed by atoms with Gasteiger partial charge in [-0.25, -0.2) is 0 Å². The van der Waals surface area contributed by atoms with Gasteiger partial charge in [0.05, 0.1) is 19.3 Å². The van der Waals surface area contributed by atoms with Crippen molar-refractivity contribution in [3.8, 4) is 0 Å². The van der Waals surface area contributed by atoms with Crippen LogP contribution in [0.2, 0.25) is 0 Å². The highest BCUT2D eigenvalue weighted by Crippen LogP contribution is 2.16. The highest BCUT2D eigenvalue weighted by Gasteiger charge is 2.27. The molecule has 1 aliphatic heterocycles. The summed E-state index contributed by atoms with van der Waals surface area (Å²) in [5.41, 5.74) is 0. The van der Waals surface area contributed by atoms with E-state index < -0.39 is 5.79 Å². The van der Waals surface area contributed by atoms with Gasteiger partial charge in [0, 0.05) is 13.0 Å². The average molecular weight is 227 g/mol. The first-order valence-electron chi connectivity index (χ1n) is 5.42. The molecule has 16 heavy (non-hydrogen) atoms. The molecule has 1 aromatic rings. The number of nitrogens with zero attached hydrogens (tertiary/aromatic N) is 2. The molecule has 0 amide bonds. The first-order valence-corrected chi connectivity index (χ1v) is 5.42. The fourth-order valence-electron chi connectivity index (χ4n) is 1.50. The molecule has 90 valence electrons. The third-order valence-electron chi connectivity index (χ3n) is 2.44. The van der Waals surface area contributed by atoms with Crippen molar-refractivity contribution < 1.29 is 14.0 Å². The van der Waals surface area contributed by atoms with Crippen molar-refractivity contribution in [2.24, 2.45) is 0 Å². The highest BCUT2D eigenvalue weighted by atomic mass is 16.7. The lowest BCUT2D eigenvalue weighted by Gasteiger charge is -2.35. The zero-order valence-electron chi connectivity index (χ0n) is 9.60. The van der Waals surface area contributed by atoms with Crippen LogP contribution in [0.4, 0.5) is 0 Å². The summed E-state index contributed by atoms with van der Waals surface area (Å²) in [6.07, 6.45) is 2.13. The molecule has 1 aromatic heterocycles. The Morgan fingerprint density at radius 2 is 2.19 bits per heavy atom. The molecule has 0 unspecified atom stereocenters. The molecule has 6 nitrogen and oxygen atoms in total. The second-order valence-corrected chi connectivity index (χ2v) is 4.26. The second kappa shape index (κ2) is 4.90. The second-order valence-electron chi connectivity index (χ2n) is 4.26. The SMILES string of the molecule is CC1(C)OCC(NCCc2ncno2)CO1. The van der Waals surface area contributed by atoms with Crippen LogP contribution in [0, 0.1) is 0 Å². The van der Waals surface area contributed by atoms with Gasteiger partial charge in [0.15, 0.2) is 12.1 Å². The Morgan fingerprint density at radius 3 is 2.81 bits per heavy atom. The number of aromatic nitrogens is 2. The van der Waals surface area contributed by atoms with E-state index in [1.165, 1.54) is 6.33 Å². The topological polar surface area (TPSA) is 69.4 Å². The monoisotopic (exact) mass is 227 g/mol. The first-order chi connectivity index (χ1) is 7.66. The van der Waals surface area contributed by atoms with Crippen molar-refractivity contribution in [1.29, 1.82) is 0 Å². The normalized spacial score (nSPS) is 21.1. The lowest BCUT2D eigenvalue weighted by atomic mass is 10.2. The van der Waals surface area contributed by atoms with Gasteiger partial charge in [-0.1, -0.05) is 5.16 Å². The van der Waals surface area contributed by atoms with Gasteiger partial charge in [-0.2, -0.15) is 4.98 Å². The summed E-state index contributed by atoms with van der Waals surface area (Å²) >= 11 is 0. The third-order valence-corrected chi connectivity index (χ3v) is 2.44. The highest BCUT2D eigenvalue weighted by molar-refractivity contribution is 4.78. The van der Waals surface area contributed by atoms with Crippen LogP contribution in [0.3, 0.4) is 0 Å². The van der Waals surface area contributed by atoms with E-state index >= 15 is 0 Å². The van der Waals surface area contributed by atoms with Gasteiger partial charge >= 0.3 is 0 Å². The molecule has 1 fully saturated rings. The number of nitrogens with one attached hydrogen (secondary N) is 1. The van der Waals surface area contributed by atoms with Gasteiger partial charge in [-0.15, -0.1) is 0 Å². The van der Waals surface area contributed by atoms with E-state index in [0.717, 1.165) is 13.0 Å². The van der Waals surface area contributed by atoms with Gasteiger partial charge < -0.3 is 19.3 Å². The maximum Gasteiger partial charge on any atom is 0.227 e. The molecular weight excluding hydrogens is 210 g/mol. The summed E-state index contributed by atoms with van der Waals surface area (Å²) in [6, 6.07) is 0.232. The van der Waals surface area contributed by atoms with Crippen molar-refractivity contribution in [1.82, 2.24) is 15.5 Å².